The minimum atomic E-state index is 0.284. The summed E-state index contributed by atoms with van der Waals surface area (Å²) in [5.41, 5.74) is 8.98. The third-order valence-corrected chi connectivity index (χ3v) is 4.32. The molecule has 0 bridgehead atoms. The molecule has 0 aliphatic rings. The lowest BCUT2D eigenvalue weighted by Crippen LogP contribution is -2.16. The molecule has 0 amide bonds. The van der Waals surface area contributed by atoms with E-state index in [9.17, 15) is 0 Å². The molecule has 1 aromatic heterocycles. The highest BCUT2D eigenvalue weighted by Gasteiger charge is 2.14. The first-order chi connectivity index (χ1) is 9.40. The van der Waals surface area contributed by atoms with Crippen molar-refractivity contribution >= 4 is 56.2 Å². The van der Waals surface area contributed by atoms with Crippen molar-refractivity contribution in [2.24, 2.45) is 5.73 Å². The summed E-state index contributed by atoms with van der Waals surface area (Å²) in [7, 11) is 0. The quantitative estimate of drug-likeness (QED) is 0.801. The molecule has 2 rings (SSSR count). The Hall–Kier alpha value is -1.24. The lowest BCUT2D eigenvalue weighted by Gasteiger charge is -2.13. The van der Waals surface area contributed by atoms with Crippen LogP contribution in [-0.4, -0.2) is 15.2 Å². The highest BCUT2D eigenvalue weighted by atomic mass is 79.9. The second-order valence-electron chi connectivity index (χ2n) is 4.25. The fraction of sp³-hybridized carbons (Fsp3) is 0.154. The van der Waals surface area contributed by atoms with Gasteiger partial charge in [-0.2, -0.15) is 5.10 Å². The molecule has 20 heavy (non-hydrogen) atoms. The van der Waals surface area contributed by atoms with Gasteiger partial charge >= 0.3 is 0 Å². The molecule has 0 saturated heterocycles. The van der Waals surface area contributed by atoms with E-state index in [0.29, 0.717) is 16.4 Å². The van der Waals surface area contributed by atoms with Crippen LogP contribution in [0, 0.1) is 13.8 Å². The zero-order valence-corrected chi connectivity index (χ0v) is 14.0. The van der Waals surface area contributed by atoms with Gasteiger partial charge in [0.25, 0.3) is 0 Å². The molecule has 7 heteroatoms. The number of anilines is 2. The summed E-state index contributed by atoms with van der Waals surface area (Å²) in [6, 6.07) is 5.50. The fourth-order valence-electron chi connectivity index (χ4n) is 1.71. The molecule has 0 fully saturated rings. The summed E-state index contributed by atoms with van der Waals surface area (Å²) < 4.78 is 0.824. The van der Waals surface area contributed by atoms with Crippen molar-refractivity contribution in [3.05, 3.63) is 44.5 Å². The standard InChI is InChI=1S/C13H12BrClN4S/c1-6-7(2)18-19-13(11(6)12(16)20)17-8-3-4-9(14)10(15)5-8/h3-5H,1-2H3,(H2,16,20)(H,17,19). The lowest BCUT2D eigenvalue weighted by atomic mass is 10.1. The van der Waals surface area contributed by atoms with Gasteiger partial charge in [0.15, 0.2) is 5.82 Å². The van der Waals surface area contributed by atoms with Crippen molar-refractivity contribution in [1.29, 1.82) is 0 Å². The van der Waals surface area contributed by atoms with Crippen molar-refractivity contribution in [1.82, 2.24) is 10.2 Å². The van der Waals surface area contributed by atoms with Crippen LogP contribution in [0.5, 0.6) is 0 Å². The van der Waals surface area contributed by atoms with E-state index >= 15 is 0 Å². The van der Waals surface area contributed by atoms with E-state index in [1.54, 1.807) is 6.07 Å². The van der Waals surface area contributed by atoms with Crippen LogP contribution >= 0.6 is 39.7 Å². The van der Waals surface area contributed by atoms with Crippen molar-refractivity contribution in [3.63, 3.8) is 0 Å². The fourth-order valence-corrected chi connectivity index (χ4v) is 2.39. The van der Waals surface area contributed by atoms with E-state index in [1.165, 1.54) is 0 Å². The molecule has 2 aromatic rings. The van der Waals surface area contributed by atoms with E-state index in [-0.39, 0.29) is 4.99 Å². The predicted octanol–water partition coefficient (Wildman–Crippen LogP) is 3.89. The molecule has 0 saturated carbocycles. The summed E-state index contributed by atoms with van der Waals surface area (Å²) >= 11 is 14.5. The van der Waals surface area contributed by atoms with E-state index in [4.69, 9.17) is 29.6 Å². The van der Waals surface area contributed by atoms with Gasteiger partial charge in [0.2, 0.25) is 0 Å². The minimum absolute atomic E-state index is 0.284. The Bertz CT molecular complexity index is 690. The summed E-state index contributed by atoms with van der Waals surface area (Å²) in [5, 5.41) is 12.0. The maximum absolute atomic E-state index is 6.07. The molecule has 1 heterocycles. The molecule has 0 aliphatic heterocycles. The van der Waals surface area contributed by atoms with Gasteiger partial charge in [-0.1, -0.05) is 23.8 Å². The van der Waals surface area contributed by atoms with Crippen LogP contribution in [0.4, 0.5) is 11.5 Å². The van der Waals surface area contributed by atoms with E-state index in [1.807, 2.05) is 26.0 Å². The molecule has 4 nitrogen and oxygen atoms in total. The predicted molar refractivity (Wildman–Crippen MR) is 89.8 cm³/mol. The summed E-state index contributed by atoms with van der Waals surface area (Å²) in [6.07, 6.45) is 0. The molecule has 3 N–H and O–H groups in total. The van der Waals surface area contributed by atoms with Gasteiger partial charge in [-0.15, -0.1) is 5.10 Å². The molecule has 0 unspecified atom stereocenters. The Morgan fingerprint density at radius 2 is 2.05 bits per heavy atom. The van der Waals surface area contributed by atoms with Crippen molar-refractivity contribution < 1.29 is 0 Å². The highest BCUT2D eigenvalue weighted by molar-refractivity contribution is 9.10. The van der Waals surface area contributed by atoms with Gasteiger partial charge in [-0.05, 0) is 53.5 Å². The normalized spacial score (nSPS) is 10.4. The molecular weight excluding hydrogens is 360 g/mol. The number of aryl methyl sites for hydroxylation is 1. The molecule has 0 spiro atoms. The van der Waals surface area contributed by atoms with Crippen LogP contribution in [0.15, 0.2) is 22.7 Å². The molecule has 0 aliphatic carbocycles. The van der Waals surface area contributed by atoms with Crippen LogP contribution in [0.1, 0.15) is 16.8 Å². The summed E-state index contributed by atoms with van der Waals surface area (Å²) in [6.45, 7) is 3.78. The average molecular weight is 372 g/mol. The molecular formula is C13H12BrClN4S. The topological polar surface area (TPSA) is 63.8 Å². The smallest absolute Gasteiger partial charge is 0.163 e. The SMILES string of the molecule is Cc1nnc(Nc2ccc(Br)c(Cl)c2)c(C(N)=S)c1C. The van der Waals surface area contributed by atoms with Crippen molar-refractivity contribution in [2.45, 2.75) is 13.8 Å². The second-order valence-corrected chi connectivity index (χ2v) is 5.95. The first kappa shape index (κ1) is 15.2. The first-order valence-corrected chi connectivity index (χ1v) is 7.34. The molecule has 0 radical (unpaired) electrons. The van der Waals surface area contributed by atoms with Crippen molar-refractivity contribution in [3.8, 4) is 0 Å². The third-order valence-electron chi connectivity index (χ3n) is 2.88. The lowest BCUT2D eigenvalue weighted by molar-refractivity contribution is 0.963. The van der Waals surface area contributed by atoms with Crippen LogP contribution in [0.25, 0.3) is 0 Å². The van der Waals surface area contributed by atoms with E-state index in [2.05, 4.69) is 31.4 Å². The van der Waals surface area contributed by atoms with Gasteiger partial charge in [-0.25, -0.2) is 0 Å². The number of nitrogens with one attached hydrogen (secondary N) is 1. The van der Waals surface area contributed by atoms with Crippen LogP contribution in [-0.2, 0) is 0 Å². The molecule has 1 aromatic carbocycles. The number of aromatic nitrogens is 2. The number of thiocarbonyl (C=S) groups is 1. The Kier molecular flexibility index (Phi) is 4.57. The average Bonchev–Trinajstić information content (AvgIpc) is 2.38. The van der Waals surface area contributed by atoms with Crippen LogP contribution in [0.3, 0.4) is 0 Å². The number of hydrogen-bond acceptors (Lipinski definition) is 4. The van der Waals surface area contributed by atoms with E-state index < -0.39 is 0 Å². The highest BCUT2D eigenvalue weighted by Crippen LogP contribution is 2.28. The van der Waals surface area contributed by atoms with Gasteiger partial charge in [0.1, 0.15) is 4.99 Å². The van der Waals surface area contributed by atoms with Gasteiger partial charge in [0.05, 0.1) is 16.3 Å². The molecule has 104 valence electrons. The molecule has 0 atom stereocenters. The zero-order chi connectivity index (χ0) is 14.9. The Balaban J connectivity index is 2.45. The number of halogens is 2. The second kappa shape index (κ2) is 6.03. The Morgan fingerprint density at radius 3 is 2.65 bits per heavy atom. The van der Waals surface area contributed by atoms with Gasteiger partial charge in [0, 0.05) is 10.2 Å². The zero-order valence-electron chi connectivity index (χ0n) is 10.9. The third kappa shape index (κ3) is 3.08. The van der Waals surface area contributed by atoms with Gasteiger partial charge in [-0.3, -0.25) is 0 Å². The monoisotopic (exact) mass is 370 g/mol. The van der Waals surface area contributed by atoms with Crippen molar-refractivity contribution in [2.75, 3.05) is 5.32 Å². The van der Waals surface area contributed by atoms with Gasteiger partial charge < -0.3 is 11.1 Å². The minimum Gasteiger partial charge on any atom is -0.389 e. The Morgan fingerprint density at radius 1 is 1.35 bits per heavy atom. The number of rotatable bonds is 3. The summed E-state index contributed by atoms with van der Waals surface area (Å²) in [5.74, 6) is 0.527. The largest absolute Gasteiger partial charge is 0.389 e. The number of benzene rings is 1. The Labute approximate surface area is 135 Å². The number of nitrogens with zero attached hydrogens (tertiary/aromatic N) is 2. The van der Waals surface area contributed by atoms with E-state index in [0.717, 1.165) is 21.4 Å². The maximum Gasteiger partial charge on any atom is 0.163 e. The number of nitrogens with two attached hydrogens (primary N) is 1. The number of hydrogen-bond donors (Lipinski definition) is 2. The first-order valence-electron chi connectivity index (χ1n) is 5.76. The maximum atomic E-state index is 6.07. The van der Waals surface area contributed by atoms with Crippen LogP contribution < -0.4 is 11.1 Å². The van der Waals surface area contributed by atoms with Crippen LogP contribution in [0.2, 0.25) is 5.02 Å². The summed E-state index contributed by atoms with van der Waals surface area (Å²) in [4.78, 5) is 0.284.